The Morgan fingerprint density at radius 3 is 2.36 bits per heavy atom. The molecule has 0 aliphatic carbocycles. The lowest BCUT2D eigenvalue weighted by Crippen LogP contribution is -2.34. The Bertz CT molecular complexity index is 674. The quantitative estimate of drug-likeness (QED) is 0.826. The fourth-order valence-electron chi connectivity index (χ4n) is 1.84. The molecular formula is C16H16FN3O2. The highest BCUT2D eigenvalue weighted by Crippen LogP contribution is 2.08. The molecule has 2 N–H and O–H groups in total. The van der Waals surface area contributed by atoms with E-state index in [9.17, 15) is 14.0 Å². The van der Waals surface area contributed by atoms with Gasteiger partial charge in [0.15, 0.2) is 0 Å². The van der Waals surface area contributed by atoms with Gasteiger partial charge in [0.25, 0.3) is 11.8 Å². The topological polar surface area (TPSA) is 71.1 Å². The second-order valence-corrected chi connectivity index (χ2v) is 4.72. The number of hydrogen-bond acceptors (Lipinski definition) is 3. The Morgan fingerprint density at radius 2 is 1.77 bits per heavy atom. The number of nitrogens with one attached hydrogen (secondary N) is 2. The van der Waals surface area contributed by atoms with Crippen LogP contribution < -0.4 is 10.6 Å². The maximum Gasteiger partial charge on any atom is 0.252 e. The number of aryl methyl sites for hydroxylation is 1. The predicted octanol–water partition coefficient (Wildman–Crippen LogP) is 1.69. The third kappa shape index (κ3) is 4.12. The summed E-state index contributed by atoms with van der Waals surface area (Å²) in [5, 5.41) is 5.33. The lowest BCUT2D eigenvalue weighted by molar-refractivity contribution is 0.0927. The van der Waals surface area contributed by atoms with Gasteiger partial charge in [-0.05, 0) is 42.8 Å². The molecule has 0 radical (unpaired) electrons. The van der Waals surface area contributed by atoms with Gasteiger partial charge in [-0.15, -0.1) is 0 Å². The van der Waals surface area contributed by atoms with Crippen LogP contribution in [0.4, 0.5) is 4.39 Å². The summed E-state index contributed by atoms with van der Waals surface area (Å²) in [5.74, 6) is -0.904. The standard InChI is InChI=1S/C16H16FN3O2/c1-11-9-12(4-5-14(11)17)15(21)19-7-8-20-16(22)13-3-2-6-18-10-13/h2-6,9-10H,7-8H2,1H3,(H,19,21)(H,20,22). The highest BCUT2D eigenvalue weighted by atomic mass is 19.1. The van der Waals surface area contributed by atoms with Gasteiger partial charge >= 0.3 is 0 Å². The van der Waals surface area contributed by atoms with Crippen LogP contribution in [-0.2, 0) is 0 Å². The van der Waals surface area contributed by atoms with Gasteiger partial charge in [0.05, 0.1) is 5.56 Å². The first kappa shape index (κ1) is 15.6. The summed E-state index contributed by atoms with van der Waals surface area (Å²) < 4.78 is 13.1. The van der Waals surface area contributed by atoms with E-state index in [0.717, 1.165) is 0 Å². The van der Waals surface area contributed by atoms with Crippen molar-refractivity contribution in [3.05, 3.63) is 65.2 Å². The molecule has 0 atom stereocenters. The average Bonchev–Trinajstić information content (AvgIpc) is 2.54. The van der Waals surface area contributed by atoms with E-state index in [1.165, 1.54) is 24.4 Å². The van der Waals surface area contributed by atoms with Gasteiger partial charge in [-0.1, -0.05) is 0 Å². The van der Waals surface area contributed by atoms with Crippen LogP contribution >= 0.6 is 0 Å². The number of aromatic nitrogens is 1. The Morgan fingerprint density at radius 1 is 1.09 bits per heavy atom. The van der Waals surface area contributed by atoms with Gasteiger partial charge in [0.2, 0.25) is 0 Å². The molecule has 0 spiro atoms. The Balaban J connectivity index is 1.78. The first-order valence-corrected chi connectivity index (χ1v) is 6.80. The molecule has 0 fully saturated rings. The van der Waals surface area contributed by atoms with Crippen molar-refractivity contribution in [2.45, 2.75) is 6.92 Å². The molecule has 1 aromatic carbocycles. The summed E-state index contributed by atoms with van der Waals surface area (Å²) in [7, 11) is 0. The summed E-state index contributed by atoms with van der Waals surface area (Å²) >= 11 is 0. The number of pyridine rings is 1. The number of benzene rings is 1. The third-order valence-electron chi connectivity index (χ3n) is 3.04. The SMILES string of the molecule is Cc1cc(C(=O)NCCNC(=O)c2cccnc2)ccc1F. The zero-order valence-corrected chi connectivity index (χ0v) is 12.1. The zero-order valence-electron chi connectivity index (χ0n) is 12.1. The molecule has 5 nitrogen and oxygen atoms in total. The number of carbonyl (C=O) groups is 2. The number of hydrogen-bond donors (Lipinski definition) is 2. The molecule has 2 aromatic rings. The molecule has 0 bridgehead atoms. The van der Waals surface area contributed by atoms with Crippen molar-refractivity contribution in [3.63, 3.8) is 0 Å². The van der Waals surface area contributed by atoms with Gasteiger partial charge in [-0.3, -0.25) is 14.6 Å². The fraction of sp³-hybridized carbons (Fsp3) is 0.188. The second-order valence-electron chi connectivity index (χ2n) is 4.72. The van der Waals surface area contributed by atoms with Gasteiger partial charge in [-0.25, -0.2) is 4.39 Å². The Hall–Kier alpha value is -2.76. The first-order valence-electron chi connectivity index (χ1n) is 6.80. The van der Waals surface area contributed by atoms with Crippen molar-refractivity contribution < 1.29 is 14.0 Å². The minimum Gasteiger partial charge on any atom is -0.350 e. The monoisotopic (exact) mass is 301 g/mol. The summed E-state index contributed by atoms with van der Waals surface area (Å²) in [4.78, 5) is 27.5. The smallest absolute Gasteiger partial charge is 0.252 e. The molecule has 114 valence electrons. The molecule has 0 unspecified atom stereocenters. The van der Waals surface area contributed by atoms with E-state index in [-0.39, 0.29) is 24.2 Å². The van der Waals surface area contributed by atoms with Crippen LogP contribution in [-0.4, -0.2) is 29.9 Å². The van der Waals surface area contributed by atoms with Crippen LogP contribution in [0.15, 0.2) is 42.7 Å². The minimum atomic E-state index is -0.347. The molecular weight excluding hydrogens is 285 g/mol. The highest BCUT2D eigenvalue weighted by Gasteiger charge is 2.08. The van der Waals surface area contributed by atoms with Crippen molar-refractivity contribution in [1.82, 2.24) is 15.6 Å². The normalized spacial score (nSPS) is 10.1. The van der Waals surface area contributed by atoms with Gasteiger partial charge in [0, 0.05) is 31.0 Å². The predicted molar refractivity (Wildman–Crippen MR) is 80.0 cm³/mol. The molecule has 22 heavy (non-hydrogen) atoms. The van der Waals surface area contributed by atoms with Gasteiger partial charge < -0.3 is 10.6 Å². The lowest BCUT2D eigenvalue weighted by atomic mass is 10.1. The first-order chi connectivity index (χ1) is 10.6. The van der Waals surface area contributed by atoms with Crippen LogP contribution in [0.3, 0.4) is 0 Å². The van der Waals surface area contributed by atoms with E-state index in [1.54, 1.807) is 25.3 Å². The molecule has 1 aromatic heterocycles. The maximum absolute atomic E-state index is 13.1. The minimum absolute atomic E-state index is 0.250. The molecule has 0 saturated heterocycles. The van der Waals surface area contributed by atoms with Gasteiger partial charge in [0.1, 0.15) is 5.82 Å². The molecule has 0 aliphatic heterocycles. The number of nitrogens with zero attached hydrogens (tertiary/aromatic N) is 1. The largest absolute Gasteiger partial charge is 0.350 e. The van der Waals surface area contributed by atoms with E-state index in [0.29, 0.717) is 23.2 Å². The van der Waals surface area contributed by atoms with Crippen molar-refractivity contribution in [3.8, 4) is 0 Å². The van der Waals surface area contributed by atoms with Crippen molar-refractivity contribution >= 4 is 11.8 Å². The van der Waals surface area contributed by atoms with Crippen molar-refractivity contribution in [2.75, 3.05) is 13.1 Å². The lowest BCUT2D eigenvalue weighted by Gasteiger charge is -2.08. The second kappa shape index (κ2) is 7.31. The van der Waals surface area contributed by atoms with Crippen LogP contribution in [0.1, 0.15) is 26.3 Å². The number of rotatable bonds is 5. The molecule has 1 heterocycles. The summed E-state index contributed by atoms with van der Waals surface area (Å²) in [6, 6.07) is 7.50. The molecule has 0 saturated carbocycles. The Kier molecular flexibility index (Phi) is 5.19. The maximum atomic E-state index is 13.1. The number of halogens is 1. The summed E-state index contributed by atoms with van der Waals surface area (Å²) in [6.45, 7) is 2.17. The number of carbonyl (C=O) groups excluding carboxylic acids is 2. The molecule has 0 aliphatic rings. The number of amides is 2. The summed E-state index contributed by atoms with van der Waals surface area (Å²) in [5.41, 5.74) is 1.26. The van der Waals surface area contributed by atoms with Crippen LogP contribution in [0.25, 0.3) is 0 Å². The van der Waals surface area contributed by atoms with Crippen LogP contribution in [0.5, 0.6) is 0 Å². The van der Waals surface area contributed by atoms with E-state index < -0.39 is 0 Å². The molecule has 2 rings (SSSR count). The van der Waals surface area contributed by atoms with Crippen LogP contribution in [0, 0.1) is 12.7 Å². The van der Waals surface area contributed by atoms with E-state index in [2.05, 4.69) is 15.6 Å². The van der Waals surface area contributed by atoms with Crippen molar-refractivity contribution in [1.29, 1.82) is 0 Å². The van der Waals surface area contributed by atoms with Gasteiger partial charge in [-0.2, -0.15) is 0 Å². The van der Waals surface area contributed by atoms with Crippen LogP contribution in [0.2, 0.25) is 0 Å². The van der Waals surface area contributed by atoms with Crippen molar-refractivity contribution in [2.24, 2.45) is 0 Å². The zero-order chi connectivity index (χ0) is 15.9. The average molecular weight is 301 g/mol. The highest BCUT2D eigenvalue weighted by molar-refractivity contribution is 5.95. The summed E-state index contributed by atoms with van der Waals surface area (Å²) in [6.07, 6.45) is 3.05. The Labute approximate surface area is 127 Å². The fourth-order valence-corrected chi connectivity index (χ4v) is 1.84. The third-order valence-corrected chi connectivity index (χ3v) is 3.04. The van der Waals surface area contributed by atoms with E-state index in [4.69, 9.17) is 0 Å². The molecule has 2 amide bonds. The van der Waals surface area contributed by atoms with E-state index >= 15 is 0 Å². The van der Waals surface area contributed by atoms with E-state index in [1.807, 2.05) is 0 Å². The molecule has 6 heteroatoms.